The molecule has 0 aliphatic carbocycles. The number of piperidine rings is 1. The molecule has 0 atom stereocenters. The van der Waals surface area contributed by atoms with Gasteiger partial charge in [0.1, 0.15) is 13.9 Å². The summed E-state index contributed by atoms with van der Waals surface area (Å²) >= 11 is 5.58. The lowest BCUT2D eigenvalue weighted by Gasteiger charge is -2.33. The van der Waals surface area contributed by atoms with Crippen molar-refractivity contribution < 1.29 is 14.3 Å². The van der Waals surface area contributed by atoms with Crippen LogP contribution in [0.4, 0.5) is 4.79 Å². The zero-order chi connectivity index (χ0) is 17.0. The molecule has 0 bridgehead atoms. The molecule has 1 aromatic rings. The summed E-state index contributed by atoms with van der Waals surface area (Å²) in [5, 5.41) is 0. The minimum atomic E-state index is -0.443. The minimum Gasteiger partial charge on any atom is -0.490 e. The molecular weight excluding hydrogens is 475 g/mol. The van der Waals surface area contributed by atoms with Gasteiger partial charge in [-0.1, -0.05) is 0 Å². The summed E-state index contributed by atoms with van der Waals surface area (Å²) in [5.74, 6) is 1.21. The van der Waals surface area contributed by atoms with E-state index in [9.17, 15) is 4.79 Å². The fraction of sp³-hybridized carbons (Fsp3) is 0.625. The van der Waals surface area contributed by atoms with Crippen molar-refractivity contribution in [2.24, 2.45) is 5.92 Å². The largest absolute Gasteiger partial charge is 0.490 e. The highest BCUT2D eigenvalue weighted by Gasteiger charge is 2.27. The number of likely N-dealkylation sites (tertiary alicyclic amines) is 1. The van der Waals surface area contributed by atoms with Gasteiger partial charge in [-0.2, -0.15) is 0 Å². The number of hydrogen-bond acceptors (Lipinski definition) is 4. The maximum atomic E-state index is 12.0. The maximum Gasteiger partial charge on any atom is 0.410 e. The molecule has 0 N–H and O–H groups in total. The Kier molecular flexibility index (Phi) is 6.53. The molecule has 1 saturated heterocycles. The van der Waals surface area contributed by atoms with Crippen LogP contribution in [0.1, 0.15) is 33.6 Å². The lowest BCUT2D eigenvalue weighted by Crippen LogP contribution is -2.42. The number of carbonyl (C=O) groups excluding carboxylic acids is 1. The third kappa shape index (κ3) is 6.10. The average Bonchev–Trinajstić information content (AvgIpc) is 2.45. The Morgan fingerprint density at radius 2 is 2.04 bits per heavy atom. The second-order valence-electron chi connectivity index (χ2n) is 6.64. The Labute approximate surface area is 159 Å². The zero-order valence-electron chi connectivity index (χ0n) is 13.6. The molecule has 7 heteroatoms. The van der Waals surface area contributed by atoms with Gasteiger partial charge < -0.3 is 14.4 Å². The molecule has 1 aromatic heterocycles. The van der Waals surface area contributed by atoms with Crippen molar-refractivity contribution in [1.82, 2.24) is 9.88 Å². The van der Waals surface area contributed by atoms with Gasteiger partial charge in [-0.3, -0.25) is 0 Å². The highest BCUT2D eigenvalue weighted by molar-refractivity contribution is 14.1. The molecule has 2 rings (SSSR count). The van der Waals surface area contributed by atoms with Crippen LogP contribution in [-0.4, -0.2) is 41.3 Å². The number of halogens is 2. The van der Waals surface area contributed by atoms with E-state index in [1.54, 1.807) is 4.90 Å². The van der Waals surface area contributed by atoms with Crippen LogP contribution < -0.4 is 4.74 Å². The molecule has 5 nitrogen and oxygen atoms in total. The Hall–Kier alpha value is -0.570. The van der Waals surface area contributed by atoms with Crippen molar-refractivity contribution in [3.63, 3.8) is 0 Å². The topological polar surface area (TPSA) is 51.7 Å². The van der Waals surface area contributed by atoms with E-state index < -0.39 is 5.60 Å². The summed E-state index contributed by atoms with van der Waals surface area (Å²) in [5.41, 5.74) is -0.443. The number of rotatable bonds is 3. The summed E-state index contributed by atoms with van der Waals surface area (Å²) in [6.07, 6.45) is 1.63. The van der Waals surface area contributed by atoms with Gasteiger partial charge in [-0.05, 0) is 90.2 Å². The van der Waals surface area contributed by atoms with Crippen LogP contribution in [0.25, 0.3) is 0 Å². The number of aromatic nitrogens is 1. The molecule has 2 heterocycles. The Morgan fingerprint density at radius 1 is 1.39 bits per heavy atom. The zero-order valence-corrected chi connectivity index (χ0v) is 17.4. The number of hydrogen-bond donors (Lipinski definition) is 0. The van der Waals surface area contributed by atoms with Crippen molar-refractivity contribution in [2.75, 3.05) is 19.7 Å². The van der Waals surface area contributed by atoms with Gasteiger partial charge in [0.05, 0.1) is 6.61 Å². The van der Waals surface area contributed by atoms with Gasteiger partial charge >= 0.3 is 6.09 Å². The standard InChI is InChI=1S/C16H22BrIN2O3/c1-16(2,3)23-15(21)20-8-6-11(7-9-20)10-22-12-4-5-13(18)19-14(12)17/h4-5,11H,6-10H2,1-3H3. The first-order valence-corrected chi connectivity index (χ1v) is 9.54. The summed E-state index contributed by atoms with van der Waals surface area (Å²) < 4.78 is 12.9. The van der Waals surface area contributed by atoms with Crippen molar-refractivity contribution in [2.45, 2.75) is 39.2 Å². The third-order valence-corrected chi connectivity index (χ3v) is 4.69. The van der Waals surface area contributed by atoms with Crippen molar-refractivity contribution in [1.29, 1.82) is 0 Å². The first-order valence-electron chi connectivity index (χ1n) is 7.67. The second kappa shape index (κ2) is 8.00. The van der Waals surface area contributed by atoms with E-state index in [0.717, 1.165) is 40.0 Å². The Bertz CT molecular complexity index is 555. The summed E-state index contributed by atoms with van der Waals surface area (Å²) in [6.45, 7) is 7.74. The fourth-order valence-corrected chi connectivity index (χ4v) is 3.51. The van der Waals surface area contributed by atoms with Crippen LogP contribution in [0.2, 0.25) is 0 Å². The first kappa shape index (κ1) is 18.8. The van der Waals surface area contributed by atoms with Crippen LogP contribution >= 0.6 is 38.5 Å². The molecule has 128 valence electrons. The highest BCUT2D eigenvalue weighted by atomic mass is 127. The quantitative estimate of drug-likeness (QED) is 0.457. The normalized spacial score (nSPS) is 16.3. The van der Waals surface area contributed by atoms with E-state index in [-0.39, 0.29) is 6.09 Å². The predicted octanol–water partition coefficient (Wildman–Crippen LogP) is 4.47. The monoisotopic (exact) mass is 496 g/mol. The van der Waals surface area contributed by atoms with Gasteiger partial charge in [0.25, 0.3) is 0 Å². The van der Waals surface area contributed by atoms with Gasteiger partial charge in [0.2, 0.25) is 0 Å². The van der Waals surface area contributed by atoms with E-state index in [2.05, 4.69) is 43.5 Å². The molecule has 23 heavy (non-hydrogen) atoms. The van der Waals surface area contributed by atoms with E-state index in [0.29, 0.717) is 12.5 Å². The molecule has 0 spiro atoms. The van der Waals surface area contributed by atoms with Crippen LogP contribution in [0.3, 0.4) is 0 Å². The van der Waals surface area contributed by atoms with Crippen LogP contribution in [0, 0.1) is 9.62 Å². The average molecular weight is 497 g/mol. The predicted molar refractivity (Wildman–Crippen MR) is 101 cm³/mol. The SMILES string of the molecule is CC(C)(C)OC(=O)N1CCC(COc2ccc(I)nc2Br)CC1. The molecule has 0 radical (unpaired) electrons. The van der Waals surface area contributed by atoms with E-state index in [1.165, 1.54) is 0 Å². The maximum absolute atomic E-state index is 12.0. The molecule has 0 saturated carbocycles. The Morgan fingerprint density at radius 3 is 2.61 bits per heavy atom. The number of amides is 1. The smallest absolute Gasteiger partial charge is 0.410 e. The molecule has 0 aromatic carbocycles. The van der Waals surface area contributed by atoms with Gasteiger partial charge in [0.15, 0.2) is 5.75 Å². The lowest BCUT2D eigenvalue weighted by atomic mass is 9.98. The number of nitrogens with zero attached hydrogens (tertiary/aromatic N) is 2. The summed E-state index contributed by atoms with van der Waals surface area (Å²) in [6, 6.07) is 3.85. The molecule has 1 aliphatic heterocycles. The molecule has 1 amide bonds. The van der Waals surface area contributed by atoms with E-state index in [1.807, 2.05) is 32.9 Å². The highest BCUT2D eigenvalue weighted by Crippen LogP contribution is 2.26. The van der Waals surface area contributed by atoms with Gasteiger partial charge in [0, 0.05) is 13.1 Å². The van der Waals surface area contributed by atoms with Gasteiger partial charge in [-0.15, -0.1) is 0 Å². The van der Waals surface area contributed by atoms with Crippen LogP contribution in [-0.2, 0) is 4.74 Å². The minimum absolute atomic E-state index is 0.221. The molecular formula is C16H22BrIN2O3. The van der Waals surface area contributed by atoms with Crippen molar-refractivity contribution in [3.05, 3.63) is 20.4 Å². The third-order valence-electron chi connectivity index (χ3n) is 3.52. The fourth-order valence-electron chi connectivity index (χ4n) is 2.32. The van der Waals surface area contributed by atoms with E-state index in [4.69, 9.17) is 9.47 Å². The summed E-state index contributed by atoms with van der Waals surface area (Å²) in [4.78, 5) is 18.1. The van der Waals surface area contributed by atoms with E-state index >= 15 is 0 Å². The molecule has 1 fully saturated rings. The van der Waals surface area contributed by atoms with Crippen molar-refractivity contribution >= 4 is 44.6 Å². The first-order chi connectivity index (χ1) is 10.7. The molecule has 1 aliphatic rings. The Balaban J connectivity index is 1.77. The summed E-state index contributed by atoms with van der Waals surface area (Å²) in [7, 11) is 0. The number of carbonyl (C=O) groups is 1. The van der Waals surface area contributed by atoms with Crippen molar-refractivity contribution in [3.8, 4) is 5.75 Å². The lowest BCUT2D eigenvalue weighted by molar-refractivity contribution is 0.0164. The second-order valence-corrected chi connectivity index (χ2v) is 8.50. The number of pyridine rings is 1. The van der Waals surface area contributed by atoms with Crippen LogP contribution in [0.5, 0.6) is 5.75 Å². The molecule has 0 unspecified atom stereocenters. The van der Waals surface area contributed by atoms with Crippen LogP contribution in [0.15, 0.2) is 16.7 Å². The van der Waals surface area contributed by atoms with Gasteiger partial charge in [-0.25, -0.2) is 9.78 Å². The number of ether oxygens (including phenoxy) is 2.